The molecule has 0 saturated heterocycles. The van der Waals surface area contributed by atoms with Crippen LogP contribution in [0.15, 0.2) is 4.99 Å². The van der Waals surface area contributed by atoms with Gasteiger partial charge in [0.05, 0.1) is 19.5 Å². The Kier molecular flexibility index (Phi) is 6.50. The average molecular weight is 191 g/mol. The highest BCUT2D eigenvalue weighted by molar-refractivity contribution is 8.13. The first kappa shape index (κ1) is 11.2. The Labute approximate surface area is 75.8 Å². The summed E-state index contributed by atoms with van der Waals surface area (Å²) in [6.07, 6.45) is 0.520. The molecule has 7 N–H and O–H groups in total. The van der Waals surface area contributed by atoms with Gasteiger partial charge >= 0.3 is 0 Å². The van der Waals surface area contributed by atoms with Gasteiger partial charge in [0.15, 0.2) is 11.1 Å². The van der Waals surface area contributed by atoms with Gasteiger partial charge in [0.2, 0.25) is 0 Å². The highest BCUT2D eigenvalue weighted by Crippen LogP contribution is 2.03. The number of hydrogen-bond acceptors (Lipinski definition) is 3. The maximum atomic E-state index is 10.9. The van der Waals surface area contributed by atoms with E-state index in [4.69, 9.17) is 11.5 Å². The topological polar surface area (TPSA) is 109 Å². The van der Waals surface area contributed by atoms with Gasteiger partial charge < -0.3 is 17.2 Å². The van der Waals surface area contributed by atoms with Gasteiger partial charge in [-0.25, -0.2) is 0 Å². The Balaban J connectivity index is 3.31. The number of carbonyl (C=O) groups excluding carboxylic acids is 1. The zero-order valence-corrected chi connectivity index (χ0v) is 7.77. The molecule has 0 spiro atoms. The molecule has 0 aromatic rings. The first-order chi connectivity index (χ1) is 5.66. The van der Waals surface area contributed by atoms with Crippen LogP contribution in [0.2, 0.25) is 0 Å². The summed E-state index contributed by atoms with van der Waals surface area (Å²) >= 11 is 1.25. The molecule has 6 heteroatoms. The van der Waals surface area contributed by atoms with E-state index in [0.717, 1.165) is 0 Å². The first-order valence-electron chi connectivity index (χ1n) is 3.67. The third-order valence-corrected chi connectivity index (χ3v) is 1.94. The number of aliphatic imine (C=N–C) groups is 1. The quantitative estimate of drug-likeness (QED) is 0.269. The van der Waals surface area contributed by atoms with E-state index in [9.17, 15) is 4.79 Å². The molecule has 0 radical (unpaired) electrons. The predicted octanol–water partition coefficient (Wildman–Crippen LogP) is -1.85. The van der Waals surface area contributed by atoms with Crippen molar-refractivity contribution in [3.63, 3.8) is 0 Å². The van der Waals surface area contributed by atoms with Crippen molar-refractivity contribution < 1.29 is 10.5 Å². The Morgan fingerprint density at radius 1 is 1.50 bits per heavy atom. The Morgan fingerprint density at radius 3 is 2.67 bits per heavy atom. The summed E-state index contributed by atoms with van der Waals surface area (Å²) in [6, 6.07) is 0. The van der Waals surface area contributed by atoms with Crippen LogP contribution in [0.1, 0.15) is 6.42 Å². The molecular weight excluding hydrogens is 176 g/mol. The second-order valence-electron chi connectivity index (χ2n) is 2.13. The van der Waals surface area contributed by atoms with Gasteiger partial charge in [-0.05, 0) is 0 Å². The van der Waals surface area contributed by atoms with Crippen LogP contribution in [0.4, 0.5) is 0 Å². The zero-order valence-electron chi connectivity index (χ0n) is 6.95. The van der Waals surface area contributed by atoms with Gasteiger partial charge in [0, 0.05) is 5.75 Å². The molecule has 0 aromatic carbocycles. The summed E-state index contributed by atoms with van der Waals surface area (Å²) in [6.45, 7) is 1.14. The van der Waals surface area contributed by atoms with Crippen molar-refractivity contribution in [3.8, 4) is 0 Å². The van der Waals surface area contributed by atoms with Crippen molar-refractivity contribution in [2.24, 2.45) is 16.5 Å². The zero-order chi connectivity index (χ0) is 9.40. The molecule has 0 amide bonds. The normalized spacial score (nSPS) is 9.42. The third kappa shape index (κ3) is 7.36. The lowest BCUT2D eigenvalue weighted by Gasteiger charge is -1.95. The average Bonchev–Trinajstić information content (AvgIpc) is 1.98. The minimum atomic E-state index is 0.0696. The fourth-order valence-electron chi connectivity index (χ4n) is 0.551. The summed E-state index contributed by atoms with van der Waals surface area (Å²) in [5, 5.41) is 0.149. The van der Waals surface area contributed by atoms with Crippen LogP contribution in [-0.4, -0.2) is 29.9 Å². The van der Waals surface area contributed by atoms with Crippen LogP contribution < -0.4 is 17.2 Å². The second-order valence-corrected chi connectivity index (χ2v) is 3.28. The van der Waals surface area contributed by atoms with Crippen LogP contribution in [-0.2, 0) is 4.79 Å². The second kappa shape index (κ2) is 6.93. The van der Waals surface area contributed by atoms with Crippen molar-refractivity contribution in [1.82, 2.24) is 0 Å². The van der Waals surface area contributed by atoms with Crippen LogP contribution >= 0.6 is 11.8 Å². The van der Waals surface area contributed by atoms with Crippen molar-refractivity contribution in [3.05, 3.63) is 0 Å². The van der Waals surface area contributed by atoms with E-state index < -0.39 is 0 Å². The lowest BCUT2D eigenvalue weighted by atomic mass is 10.5. The molecule has 0 aliphatic carbocycles. The first-order valence-corrected chi connectivity index (χ1v) is 4.65. The minimum absolute atomic E-state index is 0.0696. The molecule has 12 heavy (non-hydrogen) atoms. The maximum Gasteiger partial charge on any atom is 0.194 e. The predicted molar refractivity (Wildman–Crippen MR) is 50.5 cm³/mol. The maximum absolute atomic E-state index is 10.9. The van der Waals surface area contributed by atoms with Crippen molar-refractivity contribution in [2.45, 2.75) is 6.42 Å². The summed E-state index contributed by atoms with van der Waals surface area (Å²) < 4.78 is 0. The number of guanidine groups is 1. The molecule has 70 valence electrons. The Hall–Kier alpha value is -0.750. The summed E-state index contributed by atoms with van der Waals surface area (Å²) in [7, 11) is 0. The lowest BCUT2D eigenvalue weighted by molar-refractivity contribution is -0.365. The largest absolute Gasteiger partial charge is 0.370 e. The molecule has 0 saturated carbocycles. The van der Waals surface area contributed by atoms with Crippen LogP contribution in [0.3, 0.4) is 0 Å². The van der Waals surface area contributed by atoms with Gasteiger partial charge in [-0.2, -0.15) is 0 Å². The minimum Gasteiger partial charge on any atom is -0.370 e. The molecule has 5 nitrogen and oxygen atoms in total. The van der Waals surface area contributed by atoms with E-state index in [1.54, 1.807) is 0 Å². The molecule has 0 bridgehead atoms. The van der Waals surface area contributed by atoms with E-state index in [1.807, 2.05) is 0 Å². The molecule has 0 unspecified atom stereocenters. The van der Waals surface area contributed by atoms with Crippen molar-refractivity contribution in [2.75, 3.05) is 18.8 Å². The third-order valence-electron chi connectivity index (χ3n) is 1.03. The summed E-state index contributed by atoms with van der Waals surface area (Å²) in [5.41, 5.74) is 13.8. The summed E-state index contributed by atoms with van der Waals surface area (Å²) in [4.78, 5) is 14.6. The number of quaternary nitrogens is 1. The van der Waals surface area contributed by atoms with E-state index in [2.05, 4.69) is 10.7 Å². The molecule has 0 atom stereocenters. The van der Waals surface area contributed by atoms with Crippen LogP contribution in [0, 0.1) is 0 Å². The Bertz CT molecular complexity index is 167. The van der Waals surface area contributed by atoms with Crippen molar-refractivity contribution in [1.29, 1.82) is 0 Å². The van der Waals surface area contributed by atoms with Crippen molar-refractivity contribution >= 4 is 22.8 Å². The highest BCUT2D eigenvalue weighted by atomic mass is 32.2. The van der Waals surface area contributed by atoms with Gasteiger partial charge in [-0.15, -0.1) is 0 Å². The number of nitrogens with two attached hydrogens (primary N) is 2. The molecular formula is C6H15N4OS+. The van der Waals surface area contributed by atoms with Gasteiger partial charge in [0.25, 0.3) is 0 Å². The Morgan fingerprint density at radius 2 is 2.17 bits per heavy atom. The fraction of sp³-hybridized carbons (Fsp3) is 0.667. The number of carbonyl (C=O) groups is 1. The standard InChI is InChI=1S/C6H14N4OS/c7-2-1-5(11)12-4-3-10-6(8)9/h1-4,7H2,(H4,8,9,10)/p+1. The summed E-state index contributed by atoms with van der Waals surface area (Å²) in [5.74, 6) is 0.705. The van der Waals surface area contributed by atoms with Crippen LogP contribution in [0.5, 0.6) is 0 Å². The number of thioether (sulfide) groups is 1. The lowest BCUT2D eigenvalue weighted by Crippen LogP contribution is -2.50. The molecule has 0 fully saturated rings. The molecule has 0 aliphatic heterocycles. The fourth-order valence-corrected chi connectivity index (χ4v) is 1.25. The van der Waals surface area contributed by atoms with E-state index in [1.165, 1.54) is 11.8 Å². The monoisotopic (exact) mass is 191 g/mol. The SMILES string of the molecule is NC(N)=NCCSC(=O)CC[NH3+]. The molecule has 0 aromatic heterocycles. The van der Waals surface area contributed by atoms with E-state index in [-0.39, 0.29) is 11.1 Å². The number of nitrogens with zero attached hydrogens (tertiary/aromatic N) is 1. The number of rotatable bonds is 5. The van der Waals surface area contributed by atoms with Gasteiger partial charge in [-0.3, -0.25) is 9.79 Å². The van der Waals surface area contributed by atoms with Crippen LogP contribution in [0.25, 0.3) is 0 Å². The van der Waals surface area contributed by atoms with Gasteiger partial charge in [0.1, 0.15) is 0 Å². The van der Waals surface area contributed by atoms with E-state index >= 15 is 0 Å². The molecule has 0 heterocycles. The van der Waals surface area contributed by atoms with E-state index in [0.29, 0.717) is 25.3 Å². The molecule has 0 aliphatic rings. The highest BCUT2D eigenvalue weighted by Gasteiger charge is 2.00. The number of hydrogen-bond donors (Lipinski definition) is 3. The molecule has 0 rings (SSSR count). The van der Waals surface area contributed by atoms with Gasteiger partial charge in [-0.1, -0.05) is 11.8 Å². The smallest absolute Gasteiger partial charge is 0.194 e.